The van der Waals surface area contributed by atoms with Gasteiger partial charge in [0.2, 0.25) is 0 Å². The van der Waals surface area contributed by atoms with Crippen LogP contribution in [0.15, 0.2) is 18.2 Å². The molecule has 0 aromatic heterocycles. The summed E-state index contributed by atoms with van der Waals surface area (Å²) in [6.45, 7) is 2.84. The van der Waals surface area contributed by atoms with Crippen LogP contribution in [0.4, 0.5) is 0 Å². The van der Waals surface area contributed by atoms with Gasteiger partial charge in [0.15, 0.2) is 0 Å². The summed E-state index contributed by atoms with van der Waals surface area (Å²) in [5.41, 5.74) is 1.48. The normalized spacial score (nSPS) is 16.4. The Morgan fingerprint density at radius 1 is 1.32 bits per heavy atom. The highest BCUT2D eigenvalue weighted by atomic mass is 35.5. The average Bonchev–Trinajstić information content (AvgIpc) is 2.41. The second-order valence-electron chi connectivity index (χ2n) is 4.86. The first kappa shape index (κ1) is 13.9. The van der Waals surface area contributed by atoms with Gasteiger partial charge >= 0.3 is 5.97 Å². The third-order valence-corrected chi connectivity index (χ3v) is 3.80. The van der Waals surface area contributed by atoms with Crippen molar-refractivity contribution in [2.75, 3.05) is 13.1 Å². The fourth-order valence-electron chi connectivity index (χ4n) is 2.32. The molecule has 0 spiro atoms. The van der Waals surface area contributed by atoms with E-state index in [9.17, 15) is 9.59 Å². The number of hydrogen-bond donors (Lipinski definition) is 1. The molecule has 0 unspecified atom stereocenters. The zero-order valence-electron chi connectivity index (χ0n) is 10.7. The lowest BCUT2D eigenvalue weighted by Gasteiger charge is -2.30. The molecule has 1 aromatic rings. The Labute approximate surface area is 117 Å². The van der Waals surface area contributed by atoms with Crippen LogP contribution >= 0.6 is 11.6 Å². The van der Waals surface area contributed by atoms with Gasteiger partial charge in [-0.1, -0.05) is 17.7 Å². The van der Waals surface area contributed by atoms with Crippen molar-refractivity contribution in [3.8, 4) is 0 Å². The van der Waals surface area contributed by atoms with Gasteiger partial charge in [0.25, 0.3) is 5.91 Å². The molecule has 1 heterocycles. The van der Waals surface area contributed by atoms with Crippen LogP contribution in [-0.2, 0) is 4.79 Å². The predicted molar refractivity (Wildman–Crippen MR) is 72.5 cm³/mol. The first-order valence-corrected chi connectivity index (χ1v) is 6.65. The van der Waals surface area contributed by atoms with E-state index in [1.165, 1.54) is 0 Å². The Morgan fingerprint density at radius 2 is 1.95 bits per heavy atom. The fourth-order valence-corrected chi connectivity index (χ4v) is 2.50. The van der Waals surface area contributed by atoms with Crippen molar-refractivity contribution in [2.45, 2.75) is 19.8 Å². The molecule has 1 aliphatic heterocycles. The zero-order chi connectivity index (χ0) is 14.0. The molecule has 1 aromatic carbocycles. The monoisotopic (exact) mass is 281 g/mol. The number of amides is 1. The molecule has 1 aliphatic rings. The smallest absolute Gasteiger partial charge is 0.306 e. The first-order chi connectivity index (χ1) is 8.99. The van der Waals surface area contributed by atoms with Gasteiger partial charge in [0, 0.05) is 23.7 Å². The summed E-state index contributed by atoms with van der Waals surface area (Å²) in [5, 5.41) is 9.48. The van der Waals surface area contributed by atoms with Crippen LogP contribution in [0.3, 0.4) is 0 Å². The van der Waals surface area contributed by atoms with Crippen LogP contribution in [-0.4, -0.2) is 35.0 Å². The standard InChI is InChI=1S/C14H16ClNO3/c1-9-2-3-11(15)8-12(9)13(17)16-6-4-10(5-7-16)14(18)19/h2-3,8,10H,4-7H2,1H3,(H,18,19). The van der Waals surface area contributed by atoms with Gasteiger partial charge < -0.3 is 10.0 Å². The molecule has 1 fully saturated rings. The van der Waals surface area contributed by atoms with E-state index in [4.69, 9.17) is 16.7 Å². The number of carbonyl (C=O) groups is 2. The summed E-state index contributed by atoms with van der Waals surface area (Å²) in [5.74, 6) is -1.17. The van der Waals surface area contributed by atoms with E-state index in [0.29, 0.717) is 36.5 Å². The number of piperidine rings is 1. The van der Waals surface area contributed by atoms with Crippen LogP contribution in [0.2, 0.25) is 5.02 Å². The molecule has 1 N–H and O–H groups in total. The largest absolute Gasteiger partial charge is 0.481 e. The van der Waals surface area contributed by atoms with Crippen molar-refractivity contribution < 1.29 is 14.7 Å². The molecule has 2 rings (SSSR count). The summed E-state index contributed by atoms with van der Waals surface area (Å²) < 4.78 is 0. The Hall–Kier alpha value is -1.55. The molecular weight excluding hydrogens is 266 g/mol. The highest BCUT2D eigenvalue weighted by molar-refractivity contribution is 6.31. The lowest BCUT2D eigenvalue weighted by atomic mass is 9.96. The molecule has 19 heavy (non-hydrogen) atoms. The van der Waals surface area contributed by atoms with E-state index in [1.807, 2.05) is 13.0 Å². The van der Waals surface area contributed by atoms with E-state index in [-0.39, 0.29) is 11.8 Å². The summed E-state index contributed by atoms with van der Waals surface area (Å²) >= 11 is 5.92. The highest BCUT2D eigenvalue weighted by Gasteiger charge is 2.27. The SMILES string of the molecule is Cc1ccc(Cl)cc1C(=O)N1CCC(C(=O)O)CC1. The van der Waals surface area contributed by atoms with Crippen molar-refractivity contribution in [3.63, 3.8) is 0 Å². The summed E-state index contributed by atoms with van der Waals surface area (Å²) in [6, 6.07) is 5.24. The van der Waals surface area contributed by atoms with Gasteiger partial charge in [-0.3, -0.25) is 9.59 Å². The second-order valence-corrected chi connectivity index (χ2v) is 5.30. The lowest BCUT2D eigenvalue weighted by Crippen LogP contribution is -2.40. The molecule has 1 saturated heterocycles. The van der Waals surface area contributed by atoms with Crippen molar-refractivity contribution in [2.24, 2.45) is 5.92 Å². The number of aliphatic carboxylic acids is 1. The fraction of sp³-hybridized carbons (Fsp3) is 0.429. The molecule has 5 heteroatoms. The maximum atomic E-state index is 12.4. The van der Waals surface area contributed by atoms with Crippen molar-refractivity contribution in [1.82, 2.24) is 4.90 Å². The number of carboxylic acids is 1. The number of nitrogens with zero attached hydrogens (tertiary/aromatic N) is 1. The molecule has 0 aliphatic carbocycles. The molecule has 0 saturated carbocycles. The molecule has 102 valence electrons. The minimum absolute atomic E-state index is 0.0659. The number of carbonyl (C=O) groups excluding carboxylic acids is 1. The van der Waals surface area contributed by atoms with Crippen LogP contribution in [0, 0.1) is 12.8 Å². The molecule has 0 bridgehead atoms. The van der Waals surface area contributed by atoms with Gasteiger partial charge in [-0.25, -0.2) is 0 Å². The molecule has 0 atom stereocenters. The van der Waals surface area contributed by atoms with Crippen molar-refractivity contribution >= 4 is 23.5 Å². The van der Waals surface area contributed by atoms with Crippen LogP contribution in [0.1, 0.15) is 28.8 Å². The van der Waals surface area contributed by atoms with Crippen LogP contribution in [0.25, 0.3) is 0 Å². The van der Waals surface area contributed by atoms with E-state index in [1.54, 1.807) is 17.0 Å². The number of rotatable bonds is 2. The van der Waals surface area contributed by atoms with Gasteiger partial charge in [0.1, 0.15) is 0 Å². The summed E-state index contributed by atoms with van der Waals surface area (Å²) in [7, 11) is 0. The number of halogens is 1. The lowest BCUT2D eigenvalue weighted by molar-refractivity contribution is -0.143. The number of carboxylic acid groups (broad SMARTS) is 1. The Bertz CT molecular complexity index is 507. The Kier molecular flexibility index (Phi) is 4.10. The predicted octanol–water partition coefficient (Wildman–Crippen LogP) is 2.59. The Morgan fingerprint density at radius 3 is 2.53 bits per heavy atom. The maximum absolute atomic E-state index is 12.4. The van der Waals surface area contributed by atoms with E-state index >= 15 is 0 Å². The first-order valence-electron chi connectivity index (χ1n) is 6.27. The highest BCUT2D eigenvalue weighted by Crippen LogP contribution is 2.22. The summed E-state index contributed by atoms with van der Waals surface area (Å²) in [6.07, 6.45) is 1.03. The van der Waals surface area contributed by atoms with Crippen LogP contribution in [0.5, 0.6) is 0 Å². The van der Waals surface area contributed by atoms with Crippen LogP contribution < -0.4 is 0 Å². The third kappa shape index (κ3) is 3.07. The minimum Gasteiger partial charge on any atom is -0.481 e. The van der Waals surface area contributed by atoms with E-state index in [2.05, 4.69) is 0 Å². The number of aryl methyl sites for hydroxylation is 1. The third-order valence-electron chi connectivity index (χ3n) is 3.56. The summed E-state index contributed by atoms with van der Waals surface area (Å²) in [4.78, 5) is 25.0. The van der Waals surface area contributed by atoms with Gasteiger partial charge in [-0.05, 0) is 37.5 Å². The maximum Gasteiger partial charge on any atom is 0.306 e. The van der Waals surface area contributed by atoms with E-state index < -0.39 is 5.97 Å². The average molecular weight is 282 g/mol. The zero-order valence-corrected chi connectivity index (χ0v) is 11.5. The quantitative estimate of drug-likeness (QED) is 0.906. The number of benzene rings is 1. The molecule has 4 nitrogen and oxygen atoms in total. The number of likely N-dealkylation sites (tertiary alicyclic amines) is 1. The molecular formula is C14H16ClNO3. The van der Waals surface area contributed by atoms with Gasteiger partial charge in [-0.2, -0.15) is 0 Å². The van der Waals surface area contributed by atoms with E-state index in [0.717, 1.165) is 5.56 Å². The molecule has 1 amide bonds. The number of hydrogen-bond acceptors (Lipinski definition) is 2. The minimum atomic E-state index is -0.772. The van der Waals surface area contributed by atoms with Gasteiger partial charge in [-0.15, -0.1) is 0 Å². The van der Waals surface area contributed by atoms with Crippen molar-refractivity contribution in [1.29, 1.82) is 0 Å². The second kappa shape index (κ2) is 5.61. The topological polar surface area (TPSA) is 57.6 Å². The Balaban J connectivity index is 2.09. The van der Waals surface area contributed by atoms with Gasteiger partial charge in [0.05, 0.1) is 5.92 Å². The molecule has 0 radical (unpaired) electrons. The van der Waals surface area contributed by atoms with Crippen molar-refractivity contribution in [3.05, 3.63) is 34.3 Å².